The van der Waals surface area contributed by atoms with Crippen molar-refractivity contribution in [1.82, 2.24) is 15.3 Å². The molecule has 8 nitrogen and oxygen atoms in total. The summed E-state index contributed by atoms with van der Waals surface area (Å²) in [4.78, 5) is 27.2. The number of aliphatic hydroxyl groups is 1. The van der Waals surface area contributed by atoms with Crippen LogP contribution >= 0.6 is 0 Å². The SMILES string of the molecule is NC1=[N+]2CCCC[C@@H]2C[C@H]([C@H](O)c2cc(=O)[nH]c(=O)[nH]2)N1.[Cl-]. The molecular formula is C13H20ClN5O3. The first-order chi connectivity index (χ1) is 10.0. The van der Waals surface area contributed by atoms with E-state index in [2.05, 4.69) is 19.9 Å². The lowest BCUT2D eigenvalue weighted by Gasteiger charge is -2.35. The molecule has 2 aliphatic rings. The van der Waals surface area contributed by atoms with E-state index >= 15 is 0 Å². The molecule has 0 saturated carbocycles. The fourth-order valence-electron chi connectivity index (χ4n) is 3.26. The second-order valence-electron chi connectivity index (χ2n) is 5.70. The van der Waals surface area contributed by atoms with E-state index in [1.54, 1.807) is 0 Å². The smallest absolute Gasteiger partial charge is 0.343 e. The highest BCUT2D eigenvalue weighted by molar-refractivity contribution is 5.73. The molecule has 0 spiro atoms. The molecule has 0 radical (unpaired) electrons. The van der Waals surface area contributed by atoms with Gasteiger partial charge in [-0.1, -0.05) is 0 Å². The van der Waals surface area contributed by atoms with E-state index < -0.39 is 17.4 Å². The van der Waals surface area contributed by atoms with Crippen LogP contribution in [0.4, 0.5) is 0 Å². The summed E-state index contributed by atoms with van der Waals surface area (Å²) in [5, 5.41) is 13.5. The maximum atomic E-state index is 11.3. The van der Waals surface area contributed by atoms with Gasteiger partial charge in [0.15, 0.2) is 0 Å². The third kappa shape index (κ3) is 3.17. The number of aliphatic hydroxyl groups excluding tert-OH is 1. The predicted molar refractivity (Wildman–Crippen MR) is 76.1 cm³/mol. The number of nitrogens with one attached hydrogen (secondary N) is 3. The topological polar surface area (TPSA) is 127 Å². The van der Waals surface area contributed by atoms with Crippen LogP contribution in [-0.4, -0.2) is 44.2 Å². The number of guanidine groups is 1. The molecule has 2 aliphatic heterocycles. The zero-order chi connectivity index (χ0) is 15.0. The fourth-order valence-corrected chi connectivity index (χ4v) is 3.26. The van der Waals surface area contributed by atoms with Crippen LogP contribution in [0.3, 0.4) is 0 Å². The average Bonchev–Trinajstić information content (AvgIpc) is 2.45. The van der Waals surface area contributed by atoms with Crippen molar-refractivity contribution in [3.8, 4) is 0 Å². The normalized spacial score (nSPS) is 25.7. The number of aromatic amines is 2. The zero-order valence-corrected chi connectivity index (χ0v) is 12.8. The predicted octanol–water partition coefficient (Wildman–Crippen LogP) is -4.66. The summed E-state index contributed by atoms with van der Waals surface area (Å²) in [6.07, 6.45) is 3.04. The van der Waals surface area contributed by atoms with Crippen molar-refractivity contribution in [2.45, 2.75) is 43.9 Å². The number of nitrogens with two attached hydrogens (primary N) is 1. The van der Waals surface area contributed by atoms with Crippen molar-refractivity contribution >= 4 is 5.96 Å². The molecule has 0 aliphatic carbocycles. The van der Waals surface area contributed by atoms with Gasteiger partial charge in [-0.2, -0.15) is 0 Å². The first kappa shape index (κ1) is 16.6. The van der Waals surface area contributed by atoms with Crippen molar-refractivity contribution in [1.29, 1.82) is 0 Å². The Morgan fingerprint density at radius 3 is 2.82 bits per heavy atom. The van der Waals surface area contributed by atoms with Crippen molar-refractivity contribution in [3.63, 3.8) is 0 Å². The van der Waals surface area contributed by atoms with Gasteiger partial charge < -0.3 is 22.5 Å². The Morgan fingerprint density at radius 1 is 1.32 bits per heavy atom. The third-order valence-corrected chi connectivity index (χ3v) is 4.28. The van der Waals surface area contributed by atoms with Crippen LogP contribution in [0.25, 0.3) is 0 Å². The van der Waals surface area contributed by atoms with E-state index in [9.17, 15) is 14.7 Å². The second-order valence-corrected chi connectivity index (χ2v) is 5.70. The molecule has 0 unspecified atom stereocenters. The van der Waals surface area contributed by atoms with Crippen LogP contribution < -0.4 is 34.7 Å². The first-order valence-corrected chi connectivity index (χ1v) is 7.22. The van der Waals surface area contributed by atoms with Crippen molar-refractivity contribution in [3.05, 3.63) is 32.6 Å². The highest BCUT2D eigenvalue weighted by Gasteiger charge is 2.37. The van der Waals surface area contributed by atoms with Crippen LogP contribution in [-0.2, 0) is 0 Å². The van der Waals surface area contributed by atoms with Crippen LogP contribution in [0, 0.1) is 0 Å². The molecule has 1 aromatic heterocycles. The molecule has 1 aromatic rings. The Kier molecular flexibility index (Phi) is 4.92. The van der Waals surface area contributed by atoms with Crippen LogP contribution in [0.15, 0.2) is 15.7 Å². The largest absolute Gasteiger partial charge is 1.00 e. The number of rotatable bonds is 2. The van der Waals surface area contributed by atoms with Crippen LogP contribution in [0.1, 0.15) is 37.5 Å². The first-order valence-electron chi connectivity index (χ1n) is 7.22. The average molecular weight is 330 g/mol. The van der Waals surface area contributed by atoms with E-state index in [1.807, 2.05) is 0 Å². The van der Waals surface area contributed by atoms with Crippen LogP contribution in [0.2, 0.25) is 0 Å². The Labute approximate surface area is 132 Å². The van der Waals surface area contributed by atoms with Gasteiger partial charge in [-0.25, -0.2) is 4.79 Å². The van der Waals surface area contributed by atoms with Gasteiger partial charge in [0.25, 0.3) is 5.56 Å². The summed E-state index contributed by atoms with van der Waals surface area (Å²) < 4.78 is 2.13. The van der Waals surface area contributed by atoms with Gasteiger partial charge in [0, 0.05) is 12.5 Å². The summed E-state index contributed by atoms with van der Waals surface area (Å²) in [7, 11) is 0. The summed E-state index contributed by atoms with van der Waals surface area (Å²) in [5.74, 6) is 0.558. The Hall–Kier alpha value is -1.80. The van der Waals surface area contributed by atoms with Gasteiger partial charge in [-0.05, 0) is 19.3 Å². The number of hydrogen-bond donors (Lipinski definition) is 5. The van der Waals surface area contributed by atoms with E-state index in [4.69, 9.17) is 5.73 Å². The van der Waals surface area contributed by atoms with Gasteiger partial charge >= 0.3 is 11.6 Å². The van der Waals surface area contributed by atoms with Gasteiger partial charge in [0.05, 0.1) is 18.3 Å². The minimum atomic E-state index is -0.984. The number of H-pyrrole nitrogens is 2. The Bertz CT molecular complexity index is 654. The monoisotopic (exact) mass is 329 g/mol. The molecule has 1 fully saturated rings. The highest BCUT2D eigenvalue weighted by atomic mass is 35.5. The third-order valence-electron chi connectivity index (χ3n) is 4.28. The molecule has 3 atom stereocenters. The molecular weight excluding hydrogens is 310 g/mol. The summed E-state index contributed by atoms with van der Waals surface area (Å²) in [5.41, 5.74) is 5.09. The molecule has 3 rings (SSSR count). The molecule has 22 heavy (non-hydrogen) atoms. The molecule has 0 amide bonds. The molecule has 0 aromatic carbocycles. The molecule has 9 heteroatoms. The van der Waals surface area contributed by atoms with Gasteiger partial charge in [0.1, 0.15) is 12.1 Å². The van der Waals surface area contributed by atoms with Gasteiger partial charge in [0.2, 0.25) is 0 Å². The van der Waals surface area contributed by atoms with Crippen molar-refractivity contribution in [2.75, 3.05) is 6.54 Å². The van der Waals surface area contributed by atoms with Crippen molar-refractivity contribution < 1.29 is 22.1 Å². The standard InChI is InChI=1S/C13H19N5O3.ClH/c14-12-15-8(5-7-3-1-2-4-18(7)12)11(20)9-6-10(19)17-13(21)16-9;/h6-8,11,20H,1-5H2,(H4,14,15,16,17,19,21);1H/t7-,8-,11+;/m1./s1. The molecule has 0 bridgehead atoms. The van der Waals surface area contributed by atoms with Gasteiger partial charge in [-0.15, -0.1) is 0 Å². The number of hydrogen-bond acceptors (Lipinski definition) is 5. The van der Waals surface area contributed by atoms with Gasteiger partial charge in [-0.3, -0.25) is 25.4 Å². The lowest BCUT2D eigenvalue weighted by atomic mass is 9.92. The molecule has 1 saturated heterocycles. The maximum absolute atomic E-state index is 11.3. The summed E-state index contributed by atoms with van der Waals surface area (Å²) in [6.45, 7) is 0.925. The number of aromatic nitrogens is 2. The zero-order valence-electron chi connectivity index (χ0n) is 12.0. The minimum absolute atomic E-state index is 0. The van der Waals surface area contributed by atoms with E-state index in [-0.39, 0.29) is 24.1 Å². The minimum Gasteiger partial charge on any atom is -1.00 e. The van der Waals surface area contributed by atoms with E-state index in [1.165, 1.54) is 6.07 Å². The Balaban J connectivity index is 0.00000176. The highest BCUT2D eigenvalue weighted by Crippen LogP contribution is 2.25. The number of nitrogens with zero attached hydrogens (tertiary/aromatic N) is 1. The van der Waals surface area contributed by atoms with Crippen molar-refractivity contribution in [2.24, 2.45) is 5.73 Å². The fraction of sp³-hybridized carbons (Fsp3) is 0.615. The molecule has 6 N–H and O–H groups in total. The van der Waals surface area contributed by atoms with Crippen LogP contribution in [0.5, 0.6) is 0 Å². The molecule has 122 valence electrons. The maximum Gasteiger partial charge on any atom is 0.343 e. The summed E-state index contributed by atoms with van der Waals surface area (Å²) in [6, 6.07) is 1.19. The number of halogens is 1. The number of piperidine rings is 1. The number of fused-ring (bicyclic) bond motifs is 1. The Morgan fingerprint density at radius 2 is 2.09 bits per heavy atom. The summed E-state index contributed by atoms with van der Waals surface area (Å²) >= 11 is 0. The van der Waals surface area contributed by atoms with E-state index in [0.29, 0.717) is 12.0 Å². The second kappa shape index (κ2) is 6.53. The lowest BCUT2D eigenvalue weighted by molar-refractivity contribution is -0.585. The van der Waals surface area contributed by atoms with E-state index in [0.717, 1.165) is 32.2 Å². The quantitative estimate of drug-likeness (QED) is 0.349. The lowest BCUT2D eigenvalue weighted by Crippen LogP contribution is -3.00. The molecule has 3 heterocycles.